The highest BCUT2D eigenvalue weighted by molar-refractivity contribution is 7.99. The predicted octanol–water partition coefficient (Wildman–Crippen LogP) is 1.74. The first-order valence-corrected chi connectivity index (χ1v) is 6.70. The van der Waals surface area contributed by atoms with E-state index in [2.05, 4.69) is 15.3 Å². The molecule has 0 bridgehead atoms. The topological polar surface area (TPSA) is 64.1 Å². The quantitative estimate of drug-likeness (QED) is 0.472. The number of thioether (sulfide) groups is 1. The van der Waals surface area contributed by atoms with Crippen LogP contribution < -0.4 is 5.32 Å². The number of carbonyl (C=O) groups is 1. The first-order chi connectivity index (χ1) is 9.43. The van der Waals surface area contributed by atoms with Crippen LogP contribution in [-0.2, 0) is 15.7 Å². The molecule has 0 spiro atoms. The van der Waals surface area contributed by atoms with Crippen molar-refractivity contribution in [1.82, 2.24) is 15.3 Å². The van der Waals surface area contributed by atoms with Crippen LogP contribution in [0, 0.1) is 0 Å². The van der Waals surface area contributed by atoms with Gasteiger partial charge in [0.15, 0.2) is 5.16 Å². The zero-order valence-electron chi connectivity index (χ0n) is 10.7. The van der Waals surface area contributed by atoms with Crippen LogP contribution in [0.2, 0.25) is 0 Å². The highest BCUT2D eigenvalue weighted by atomic mass is 32.2. The molecule has 1 aromatic heterocycles. The average Bonchev–Trinajstić information content (AvgIpc) is 2.41. The number of hydrogen-bond donors (Lipinski definition) is 1. The van der Waals surface area contributed by atoms with Gasteiger partial charge in [-0.25, -0.2) is 9.97 Å². The average molecular weight is 309 g/mol. The highest BCUT2D eigenvalue weighted by Crippen LogP contribution is 2.28. The lowest BCUT2D eigenvalue weighted by Crippen LogP contribution is -2.26. The Labute approximate surface area is 118 Å². The van der Waals surface area contributed by atoms with Gasteiger partial charge >= 0.3 is 6.18 Å². The predicted molar refractivity (Wildman–Crippen MR) is 67.3 cm³/mol. The summed E-state index contributed by atoms with van der Waals surface area (Å²) in [4.78, 5) is 18.4. The Morgan fingerprint density at radius 2 is 2.25 bits per heavy atom. The van der Waals surface area contributed by atoms with E-state index in [-0.39, 0.29) is 16.8 Å². The molecular weight excluding hydrogens is 295 g/mol. The lowest BCUT2D eigenvalue weighted by atomic mass is 10.4. The fourth-order valence-electron chi connectivity index (χ4n) is 1.19. The van der Waals surface area contributed by atoms with Crippen LogP contribution in [0.4, 0.5) is 13.2 Å². The zero-order valence-corrected chi connectivity index (χ0v) is 11.6. The number of amides is 1. The summed E-state index contributed by atoms with van der Waals surface area (Å²) in [7, 11) is 1.56. The summed E-state index contributed by atoms with van der Waals surface area (Å²) >= 11 is 0.857. The number of rotatable bonds is 7. The number of aromatic nitrogens is 2. The molecule has 1 heterocycles. The first kappa shape index (κ1) is 16.7. The molecule has 0 saturated carbocycles. The molecule has 0 aliphatic carbocycles. The number of nitrogens with one attached hydrogen (secondary N) is 1. The molecule has 1 rings (SSSR count). The van der Waals surface area contributed by atoms with Crippen molar-refractivity contribution in [2.45, 2.75) is 17.8 Å². The minimum atomic E-state index is -4.51. The second kappa shape index (κ2) is 8.05. The van der Waals surface area contributed by atoms with Crippen molar-refractivity contribution in [3.63, 3.8) is 0 Å². The maximum absolute atomic E-state index is 12.4. The SMILES string of the molecule is COCCCNC(=O)CSc1nccc(C(F)(F)F)n1. The molecule has 0 unspecified atom stereocenters. The third kappa shape index (κ3) is 6.20. The zero-order chi connectivity index (χ0) is 15.0. The molecule has 0 radical (unpaired) electrons. The number of methoxy groups -OCH3 is 1. The molecule has 0 aliphatic heterocycles. The summed E-state index contributed by atoms with van der Waals surface area (Å²) in [6.07, 6.45) is -2.82. The molecule has 20 heavy (non-hydrogen) atoms. The Morgan fingerprint density at radius 3 is 2.90 bits per heavy atom. The monoisotopic (exact) mass is 309 g/mol. The van der Waals surface area contributed by atoms with Crippen LogP contribution in [0.1, 0.15) is 12.1 Å². The van der Waals surface area contributed by atoms with Crippen molar-refractivity contribution in [2.75, 3.05) is 26.0 Å². The van der Waals surface area contributed by atoms with Gasteiger partial charge in [-0.05, 0) is 12.5 Å². The third-order valence-electron chi connectivity index (χ3n) is 2.10. The molecule has 0 aliphatic rings. The summed E-state index contributed by atoms with van der Waals surface area (Å²) in [5.41, 5.74) is -1.02. The molecule has 112 valence electrons. The first-order valence-electron chi connectivity index (χ1n) is 5.72. The number of halogens is 3. The van der Waals surface area contributed by atoms with Gasteiger partial charge in [0.05, 0.1) is 5.75 Å². The van der Waals surface area contributed by atoms with Gasteiger partial charge in [0.1, 0.15) is 5.69 Å². The summed E-state index contributed by atoms with van der Waals surface area (Å²) in [6, 6.07) is 0.787. The normalized spacial score (nSPS) is 11.4. The van der Waals surface area contributed by atoms with E-state index in [1.165, 1.54) is 0 Å². The molecule has 0 aromatic carbocycles. The standard InChI is InChI=1S/C11H14F3N3O2S/c1-19-6-2-4-15-9(18)7-20-10-16-5-3-8(17-10)11(12,13)14/h3,5H,2,4,6-7H2,1H3,(H,15,18). The van der Waals surface area contributed by atoms with E-state index in [9.17, 15) is 18.0 Å². The summed E-state index contributed by atoms with van der Waals surface area (Å²) in [6.45, 7) is 0.987. The fraction of sp³-hybridized carbons (Fsp3) is 0.545. The summed E-state index contributed by atoms with van der Waals surface area (Å²) < 4.78 is 42.1. The van der Waals surface area contributed by atoms with E-state index >= 15 is 0 Å². The van der Waals surface area contributed by atoms with Gasteiger partial charge in [-0.2, -0.15) is 13.2 Å². The van der Waals surface area contributed by atoms with Gasteiger partial charge in [0.2, 0.25) is 5.91 Å². The second-order valence-corrected chi connectivity index (χ2v) is 4.65. The minimum absolute atomic E-state index is 0.0334. The van der Waals surface area contributed by atoms with Crippen LogP contribution in [-0.4, -0.2) is 41.9 Å². The lowest BCUT2D eigenvalue weighted by molar-refractivity contribution is -0.141. The number of carbonyl (C=O) groups excluding carboxylic acids is 1. The number of alkyl halides is 3. The molecule has 0 fully saturated rings. The van der Waals surface area contributed by atoms with Crippen LogP contribution in [0.5, 0.6) is 0 Å². The largest absolute Gasteiger partial charge is 0.433 e. The van der Waals surface area contributed by atoms with E-state index in [4.69, 9.17) is 4.74 Å². The van der Waals surface area contributed by atoms with E-state index in [0.29, 0.717) is 19.6 Å². The molecule has 0 saturated heterocycles. The van der Waals surface area contributed by atoms with E-state index in [0.717, 1.165) is 24.0 Å². The van der Waals surface area contributed by atoms with Gasteiger partial charge < -0.3 is 10.1 Å². The second-order valence-electron chi connectivity index (χ2n) is 3.71. The maximum Gasteiger partial charge on any atom is 0.433 e. The molecule has 1 aromatic rings. The molecular formula is C11H14F3N3O2S. The van der Waals surface area contributed by atoms with Crippen molar-refractivity contribution in [3.8, 4) is 0 Å². The smallest absolute Gasteiger partial charge is 0.385 e. The van der Waals surface area contributed by atoms with Gasteiger partial charge in [-0.15, -0.1) is 0 Å². The Morgan fingerprint density at radius 1 is 1.50 bits per heavy atom. The third-order valence-corrected chi connectivity index (χ3v) is 2.97. The van der Waals surface area contributed by atoms with Crippen LogP contribution in [0.15, 0.2) is 17.4 Å². The van der Waals surface area contributed by atoms with Crippen molar-refractivity contribution in [3.05, 3.63) is 18.0 Å². The van der Waals surface area contributed by atoms with Crippen molar-refractivity contribution >= 4 is 17.7 Å². The van der Waals surface area contributed by atoms with E-state index in [1.54, 1.807) is 7.11 Å². The molecule has 0 atom stereocenters. The van der Waals surface area contributed by atoms with Crippen molar-refractivity contribution < 1.29 is 22.7 Å². The molecule has 1 N–H and O–H groups in total. The van der Waals surface area contributed by atoms with Gasteiger partial charge in [-0.3, -0.25) is 4.79 Å². The minimum Gasteiger partial charge on any atom is -0.385 e. The summed E-state index contributed by atoms with van der Waals surface area (Å²) in [5.74, 6) is -0.319. The Bertz CT molecular complexity index is 443. The van der Waals surface area contributed by atoms with Crippen molar-refractivity contribution in [2.24, 2.45) is 0 Å². The summed E-state index contributed by atoms with van der Waals surface area (Å²) in [5, 5.41) is 2.54. The van der Waals surface area contributed by atoms with E-state index in [1.807, 2.05) is 0 Å². The van der Waals surface area contributed by atoms with Crippen LogP contribution in [0.3, 0.4) is 0 Å². The number of nitrogens with zero attached hydrogens (tertiary/aromatic N) is 2. The number of hydrogen-bond acceptors (Lipinski definition) is 5. The lowest BCUT2D eigenvalue weighted by Gasteiger charge is -2.07. The van der Waals surface area contributed by atoms with Gasteiger partial charge in [0, 0.05) is 26.5 Å². The van der Waals surface area contributed by atoms with Gasteiger partial charge in [0.25, 0.3) is 0 Å². The highest BCUT2D eigenvalue weighted by Gasteiger charge is 2.32. The molecule has 5 nitrogen and oxygen atoms in total. The van der Waals surface area contributed by atoms with Crippen molar-refractivity contribution in [1.29, 1.82) is 0 Å². The van der Waals surface area contributed by atoms with Crippen LogP contribution >= 0.6 is 11.8 Å². The molecule has 9 heteroatoms. The fourth-order valence-corrected chi connectivity index (χ4v) is 1.85. The van der Waals surface area contributed by atoms with Gasteiger partial charge in [-0.1, -0.05) is 11.8 Å². The van der Waals surface area contributed by atoms with Crippen LogP contribution in [0.25, 0.3) is 0 Å². The number of ether oxygens (including phenoxy) is 1. The Balaban J connectivity index is 2.40. The Kier molecular flexibility index (Phi) is 6.73. The maximum atomic E-state index is 12.4. The van der Waals surface area contributed by atoms with E-state index < -0.39 is 11.9 Å². The molecule has 1 amide bonds. The Hall–Kier alpha value is -1.35.